The average molecular weight is 338 g/mol. The Hall–Kier alpha value is -3.19. The molecule has 0 radical (unpaired) electrons. The Labute approximate surface area is 144 Å². The van der Waals surface area contributed by atoms with E-state index in [1.54, 1.807) is 48.5 Å². The highest BCUT2D eigenvalue weighted by Crippen LogP contribution is 2.35. The van der Waals surface area contributed by atoms with E-state index in [2.05, 4.69) is 10.7 Å². The fraction of sp³-hybridized carbons (Fsp3) is 0.167. The van der Waals surface area contributed by atoms with Crippen molar-refractivity contribution in [1.82, 2.24) is 15.8 Å². The Morgan fingerprint density at radius 2 is 1.52 bits per heavy atom. The first-order chi connectivity index (χ1) is 12.0. The molecular formula is C18H18N4O3. The average Bonchev–Trinajstić information content (AvgIpc) is 2.88. The van der Waals surface area contributed by atoms with Crippen LogP contribution in [-0.4, -0.2) is 28.9 Å². The van der Waals surface area contributed by atoms with Crippen LogP contribution in [0.2, 0.25) is 0 Å². The van der Waals surface area contributed by atoms with Gasteiger partial charge in [0.05, 0.1) is 6.04 Å². The summed E-state index contributed by atoms with van der Waals surface area (Å²) in [4.78, 5) is 37.5. The van der Waals surface area contributed by atoms with E-state index in [1.807, 2.05) is 12.1 Å². The predicted molar refractivity (Wildman–Crippen MR) is 90.8 cm³/mol. The topological polar surface area (TPSA) is 105 Å². The third kappa shape index (κ3) is 2.74. The third-order valence-electron chi connectivity index (χ3n) is 4.07. The number of urea groups is 1. The van der Waals surface area contributed by atoms with Gasteiger partial charge in [0, 0.05) is 0 Å². The van der Waals surface area contributed by atoms with Crippen molar-refractivity contribution < 1.29 is 14.4 Å². The van der Waals surface area contributed by atoms with Gasteiger partial charge in [-0.3, -0.25) is 15.0 Å². The van der Waals surface area contributed by atoms with Crippen LogP contribution in [0.3, 0.4) is 0 Å². The summed E-state index contributed by atoms with van der Waals surface area (Å²) in [5.41, 5.74) is 7.57. The first-order valence-electron chi connectivity index (χ1n) is 7.80. The van der Waals surface area contributed by atoms with Crippen molar-refractivity contribution in [2.75, 3.05) is 0 Å². The second-order valence-corrected chi connectivity index (χ2v) is 5.82. The van der Waals surface area contributed by atoms with Gasteiger partial charge in [-0.1, -0.05) is 60.7 Å². The van der Waals surface area contributed by atoms with Gasteiger partial charge in [-0.15, -0.1) is 0 Å². The first kappa shape index (κ1) is 16.7. The molecule has 0 spiro atoms. The van der Waals surface area contributed by atoms with Crippen molar-refractivity contribution in [3.05, 3.63) is 71.8 Å². The molecule has 0 aromatic heterocycles. The number of nitrogens with zero attached hydrogens (tertiary/aromatic N) is 1. The zero-order valence-corrected chi connectivity index (χ0v) is 13.6. The van der Waals surface area contributed by atoms with Gasteiger partial charge < -0.3 is 11.1 Å². The van der Waals surface area contributed by atoms with Gasteiger partial charge in [0.25, 0.3) is 11.8 Å². The fourth-order valence-electron chi connectivity index (χ4n) is 2.78. The van der Waals surface area contributed by atoms with Gasteiger partial charge in [-0.2, -0.15) is 5.01 Å². The summed E-state index contributed by atoms with van der Waals surface area (Å²) in [5, 5.41) is 3.41. The van der Waals surface area contributed by atoms with Gasteiger partial charge in [-0.25, -0.2) is 4.79 Å². The number of carbonyl (C=O) groups is 3. The largest absolute Gasteiger partial charge is 0.344 e. The van der Waals surface area contributed by atoms with E-state index in [0.717, 1.165) is 0 Å². The zero-order chi connectivity index (χ0) is 18.0. The Balaban J connectivity index is 2.10. The van der Waals surface area contributed by atoms with E-state index in [9.17, 15) is 14.4 Å². The van der Waals surface area contributed by atoms with Crippen LogP contribution >= 0.6 is 0 Å². The highest BCUT2D eigenvalue weighted by atomic mass is 16.2. The molecule has 1 heterocycles. The second-order valence-electron chi connectivity index (χ2n) is 5.82. The van der Waals surface area contributed by atoms with Crippen LogP contribution in [0.1, 0.15) is 18.1 Å². The van der Waals surface area contributed by atoms with Crippen LogP contribution < -0.4 is 16.5 Å². The van der Waals surface area contributed by atoms with Crippen molar-refractivity contribution >= 4 is 17.8 Å². The molecule has 1 fully saturated rings. The quantitative estimate of drug-likeness (QED) is 0.719. The fourth-order valence-corrected chi connectivity index (χ4v) is 2.78. The Morgan fingerprint density at radius 1 is 1.04 bits per heavy atom. The molecule has 2 aromatic rings. The van der Waals surface area contributed by atoms with Crippen molar-refractivity contribution in [2.24, 2.45) is 5.73 Å². The number of rotatable bonds is 4. The van der Waals surface area contributed by atoms with E-state index in [4.69, 9.17) is 5.73 Å². The van der Waals surface area contributed by atoms with Gasteiger partial charge in [0.1, 0.15) is 0 Å². The van der Waals surface area contributed by atoms with Crippen LogP contribution in [0.5, 0.6) is 0 Å². The monoisotopic (exact) mass is 338 g/mol. The number of hydrazine groups is 1. The SMILES string of the molecule is CC(N)C(=O)NN1C(=O)NC(c2ccccc2)(c2ccccc2)C1=O. The van der Waals surface area contributed by atoms with Crippen LogP contribution in [0.15, 0.2) is 60.7 Å². The number of benzene rings is 2. The van der Waals surface area contributed by atoms with Gasteiger partial charge in [-0.05, 0) is 18.1 Å². The van der Waals surface area contributed by atoms with Crippen molar-refractivity contribution in [1.29, 1.82) is 0 Å². The highest BCUT2D eigenvalue weighted by molar-refractivity contribution is 6.10. The summed E-state index contributed by atoms with van der Waals surface area (Å²) >= 11 is 0. The molecule has 25 heavy (non-hydrogen) atoms. The number of nitrogens with two attached hydrogens (primary N) is 1. The van der Waals surface area contributed by atoms with Crippen LogP contribution in [0.4, 0.5) is 4.79 Å². The Bertz CT molecular complexity index is 766. The zero-order valence-electron chi connectivity index (χ0n) is 13.6. The molecule has 0 aliphatic carbocycles. The lowest BCUT2D eigenvalue weighted by Gasteiger charge is -2.27. The first-order valence-corrected chi connectivity index (χ1v) is 7.80. The second kappa shape index (κ2) is 6.37. The van der Waals surface area contributed by atoms with Gasteiger partial charge >= 0.3 is 6.03 Å². The van der Waals surface area contributed by atoms with Gasteiger partial charge in [0.2, 0.25) is 0 Å². The summed E-state index contributed by atoms with van der Waals surface area (Å²) in [6.45, 7) is 1.47. The van der Waals surface area contributed by atoms with Crippen LogP contribution in [0.25, 0.3) is 0 Å². The molecule has 1 atom stereocenters. The minimum Gasteiger partial charge on any atom is -0.320 e. The maximum absolute atomic E-state index is 13.2. The maximum atomic E-state index is 13.2. The van der Waals surface area contributed by atoms with Crippen molar-refractivity contribution in [3.8, 4) is 0 Å². The molecule has 4 N–H and O–H groups in total. The number of nitrogens with one attached hydrogen (secondary N) is 2. The summed E-state index contributed by atoms with van der Waals surface area (Å²) in [6.07, 6.45) is 0. The van der Waals surface area contributed by atoms with E-state index in [0.29, 0.717) is 16.1 Å². The Morgan fingerprint density at radius 3 is 1.96 bits per heavy atom. The smallest absolute Gasteiger partial charge is 0.320 e. The molecule has 1 aliphatic heterocycles. The summed E-state index contributed by atoms with van der Waals surface area (Å²) in [5.74, 6) is -1.22. The number of imide groups is 1. The summed E-state index contributed by atoms with van der Waals surface area (Å²) in [6, 6.07) is 16.2. The molecule has 1 unspecified atom stereocenters. The van der Waals surface area contributed by atoms with Gasteiger partial charge in [0.15, 0.2) is 5.54 Å². The van der Waals surface area contributed by atoms with Crippen LogP contribution in [0, 0.1) is 0 Å². The molecule has 3 rings (SSSR count). The molecule has 2 aromatic carbocycles. The Kier molecular flexibility index (Phi) is 4.24. The molecule has 1 saturated heterocycles. The normalized spacial score (nSPS) is 17.1. The predicted octanol–water partition coefficient (Wildman–Crippen LogP) is 0.860. The molecular weight excluding hydrogens is 320 g/mol. The summed E-state index contributed by atoms with van der Waals surface area (Å²) in [7, 11) is 0. The lowest BCUT2D eigenvalue weighted by Crippen LogP contribution is -2.52. The van der Waals surface area contributed by atoms with Crippen molar-refractivity contribution in [2.45, 2.75) is 18.5 Å². The molecule has 7 nitrogen and oxygen atoms in total. The lowest BCUT2D eigenvalue weighted by atomic mass is 9.83. The molecule has 0 bridgehead atoms. The lowest BCUT2D eigenvalue weighted by molar-refractivity contribution is -0.138. The van der Waals surface area contributed by atoms with E-state index < -0.39 is 29.4 Å². The molecule has 7 heteroatoms. The van der Waals surface area contributed by atoms with E-state index in [1.165, 1.54) is 6.92 Å². The molecule has 4 amide bonds. The number of hydrogen-bond acceptors (Lipinski definition) is 4. The molecule has 0 saturated carbocycles. The molecule has 128 valence electrons. The summed E-state index contributed by atoms with van der Waals surface area (Å²) < 4.78 is 0. The van der Waals surface area contributed by atoms with E-state index in [-0.39, 0.29) is 0 Å². The minimum absolute atomic E-state index is 0.594. The number of amides is 4. The molecule has 1 aliphatic rings. The van der Waals surface area contributed by atoms with Crippen LogP contribution in [-0.2, 0) is 15.1 Å². The standard InChI is InChI=1S/C18H18N4O3/c1-12(19)15(23)21-22-16(24)18(20-17(22)25,13-8-4-2-5-9-13)14-10-6-3-7-11-14/h2-12H,19H2,1H3,(H,20,25)(H,21,23). The maximum Gasteiger partial charge on any atom is 0.344 e. The third-order valence-corrected chi connectivity index (χ3v) is 4.07. The van der Waals surface area contributed by atoms with Crippen molar-refractivity contribution in [3.63, 3.8) is 0 Å². The minimum atomic E-state index is -1.41. The van der Waals surface area contributed by atoms with E-state index >= 15 is 0 Å². The number of hydrogen-bond donors (Lipinski definition) is 3. The number of carbonyl (C=O) groups excluding carboxylic acids is 3. The highest BCUT2D eigenvalue weighted by Gasteiger charge is 2.54.